The molecule has 128 valence electrons. The predicted octanol–water partition coefficient (Wildman–Crippen LogP) is 4.27. The lowest BCUT2D eigenvalue weighted by molar-refractivity contribution is -0.151. The summed E-state index contributed by atoms with van der Waals surface area (Å²) >= 11 is 0. The van der Waals surface area contributed by atoms with E-state index in [9.17, 15) is 14.0 Å². The highest BCUT2D eigenvalue weighted by Crippen LogP contribution is 2.17. The van der Waals surface area contributed by atoms with Crippen LogP contribution in [0.2, 0.25) is 0 Å². The van der Waals surface area contributed by atoms with E-state index in [1.165, 1.54) is 18.2 Å². The number of carbonyl (C=O) groups excluding carboxylic acids is 2. The van der Waals surface area contributed by atoms with Gasteiger partial charge in [0.25, 0.3) is 0 Å². The first-order valence-electron chi connectivity index (χ1n) is 8.08. The molecule has 0 heterocycles. The molecule has 0 saturated carbocycles. The Morgan fingerprint density at radius 3 is 2.39 bits per heavy atom. The molecule has 0 aliphatic carbocycles. The third-order valence-electron chi connectivity index (χ3n) is 3.42. The highest BCUT2D eigenvalue weighted by Gasteiger charge is 2.17. The van der Waals surface area contributed by atoms with Gasteiger partial charge >= 0.3 is 11.9 Å². The molecule has 0 amide bonds. The zero-order valence-electron chi connectivity index (χ0n) is 14.0. The van der Waals surface area contributed by atoms with E-state index < -0.39 is 11.8 Å². The number of rotatable bonds is 9. The van der Waals surface area contributed by atoms with Crippen molar-refractivity contribution >= 4 is 11.9 Å². The first-order chi connectivity index (χ1) is 10.9. The molecular weight excluding hydrogens is 299 g/mol. The van der Waals surface area contributed by atoms with Crippen molar-refractivity contribution in [3.05, 3.63) is 30.1 Å². The third kappa shape index (κ3) is 7.26. The van der Waals surface area contributed by atoms with Crippen molar-refractivity contribution in [1.29, 1.82) is 0 Å². The first kappa shape index (κ1) is 19.1. The van der Waals surface area contributed by atoms with E-state index in [1.54, 1.807) is 6.07 Å². The van der Waals surface area contributed by atoms with Crippen molar-refractivity contribution in [3.63, 3.8) is 0 Å². The lowest BCUT2D eigenvalue weighted by Crippen LogP contribution is -2.23. The summed E-state index contributed by atoms with van der Waals surface area (Å²) in [5.41, 5.74) is 0. The zero-order valence-corrected chi connectivity index (χ0v) is 14.0. The molecule has 5 heteroatoms. The lowest BCUT2D eigenvalue weighted by Gasteiger charge is -2.20. The number of hydrogen-bond donors (Lipinski definition) is 0. The van der Waals surface area contributed by atoms with Crippen LogP contribution in [0.3, 0.4) is 0 Å². The van der Waals surface area contributed by atoms with Crippen LogP contribution in [-0.4, -0.2) is 18.0 Å². The Morgan fingerprint density at radius 2 is 1.78 bits per heavy atom. The second kappa shape index (κ2) is 9.98. The van der Waals surface area contributed by atoms with Crippen LogP contribution < -0.4 is 4.74 Å². The Hall–Kier alpha value is -1.91. The predicted molar refractivity (Wildman–Crippen MR) is 85.5 cm³/mol. The van der Waals surface area contributed by atoms with Gasteiger partial charge in [0.15, 0.2) is 11.6 Å². The van der Waals surface area contributed by atoms with Crippen LogP contribution in [0.25, 0.3) is 0 Å². The third-order valence-corrected chi connectivity index (χ3v) is 3.42. The minimum absolute atomic E-state index is 0.0452. The van der Waals surface area contributed by atoms with Crippen LogP contribution in [0.5, 0.6) is 5.75 Å². The molecule has 0 spiro atoms. The van der Waals surface area contributed by atoms with Gasteiger partial charge < -0.3 is 9.47 Å². The molecule has 23 heavy (non-hydrogen) atoms. The van der Waals surface area contributed by atoms with E-state index in [-0.39, 0.29) is 36.6 Å². The quantitative estimate of drug-likeness (QED) is 0.503. The number of ether oxygens (including phenoxy) is 2. The van der Waals surface area contributed by atoms with E-state index in [1.807, 2.05) is 20.8 Å². The summed E-state index contributed by atoms with van der Waals surface area (Å²) in [7, 11) is 0. The van der Waals surface area contributed by atoms with Gasteiger partial charge in [-0.1, -0.05) is 39.3 Å². The van der Waals surface area contributed by atoms with Gasteiger partial charge in [-0.25, -0.2) is 4.39 Å². The topological polar surface area (TPSA) is 52.6 Å². The van der Waals surface area contributed by atoms with Crippen molar-refractivity contribution in [3.8, 4) is 5.75 Å². The van der Waals surface area contributed by atoms with Crippen LogP contribution >= 0.6 is 0 Å². The highest BCUT2D eigenvalue weighted by atomic mass is 19.1. The molecular formula is C18H25FO4. The maximum atomic E-state index is 13.3. The number of hydrogen-bond acceptors (Lipinski definition) is 4. The number of carbonyl (C=O) groups is 2. The standard InChI is InChI=1S/C18H25FO4/c1-4-8-15(13(2)3)22-17(20)11-7-12-18(21)23-16-10-6-5-9-14(16)19/h5-6,9-10,13,15H,4,7-8,11-12H2,1-3H3. The minimum atomic E-state index is -0.584. The monoisotopic (exact) mass is 324 g/mol. The van der Waals surface area contributed by atoms with Crippen molar-refractivity contribution in [2.75, 3.05) is 0 Å². The van der Waals surface area contributed by atoms with Gasteiger partial charge in [-0.15, -0.1) is 0 Å². The summed E-state index contributed by atoms with van der Waals surface area (Å²) in [5, 5.41) is 0. The molecule has 0 aliphatic rings. The fraction of sp³-hybridized carbons (Fsp3) is 0.556. The number of para-hydroxylation sites is 1. The minimum Gasteiger partial charge on any atom is -0.462 e. The van der Waals surface area contributed by atoms with Gasteiger partial charge in [0.2, 0.25) is 0 Å². The Morgan fingerprint density at radius 1 is 1.13 bits per heavy atom. The van der Waals surface area contributed by atoms with E-state index in [2.05, 4.69) is 0 Å². The summed E-state index contributed by atoms with van der Waals surface area (Å²) in [6.45, 7) is 6.07. The molecule has 1 aromatic carbocycles. The van der Waals surface area contributed by atoms with Gasteiger partial charge in [-0.3, -0.25) is 9.59 Å². The van der Waals surface area contributed by atoms with Crippen LogP contribution in [0.4, 0.5) is 4.39 Å². The Kier molecular flexibility index (Phi) is 8.30. The van der Waals surface area contributed by atoms with Gasteiger partial charge in [-0.05, 0) is 30.9 Å². The molecule has 0 fully saturated rings. The molecule has 0 aliphatic heterocycles. The number of halogens is 1. The second-order valence-electron chi connectivity index (χ2n) is 5.82. The van der Waals surface area contributed by atoms with Crippen molar-refractivity contribution < 1.29 is 23.5 Å². The lowest BCUT2D eigenvalue weighted by atomic mass is 10.0. The van der Waals surface area contributed by atoms with Gasteiger partial charge in [0.1, 0.15) is 6.10 Å². The molecule has 0 bridgehead atoms. The Labute approximate surface area is 137 Å². The summed E-state index contributed by atoms with van der Waals surface area (Å²) in [6.07, 6.45) is 2.22. The molecule has 0 aromatic heterocycles. The molecule has 0 radical (unpaired) electrons. The fourth-order valence-electron chi connectivity index (χ4n) is 2.12. The normalized spacial score (nSPS) is 12.0. The molecule has 1 rings (SSSR count). The molecule has 4 nitrogen and oxygen atoms in total. The van der Waals surface area contributed by atoms with E-state index in [0.717, 1.165) is 12.8 Å². The van der Waals surface area contributed by atoms with E-state index in [0.29, 0.717) is 6.42 Å². The van der Waals surface area contributed by atoms with Crippen LogP contribution in [0.1, 0.15) is 52.9 Å². The van der Waals surface area contributed by atoms with Crippen molar-refractivity contribution in [1.82, 2.24) is 0 Å². The first-order valence-corrected chi connectivity index (χ1v) is 8.08. The maximum absolute atomic E-state index is 13.3. The zero-order chi connectivity index (χ0) is 17.2. The molecule has 1 atom stereocenters. The summed E-state index contributed by atoms with van der Waals surface area (Å²) in [5.74, 6) is -1.28. The van der Waals surface area contributed by atoms with Gasteiger partial charge in [0.05, 0.1) is 0 Å². The average molecular weight is 324 g/mol. The van der Waals surface area contributed by atoms with Crippen LogP contribution in [0.15, 0.2) is 24.3 Å². The summed E-state index contributed by atoms with van der Waals surface area (Å²) in [4.78, 5) is 23.4. The molecule has 1 unspecified atom stereocenters. The molecule has 0 N–H and O–H groups in total. The largest absolute Gasteiger partial charge is 0.462 e. The van der Waals surface area contributed by atoms with Gasteiger partial charge in [-0.2, -0.15) is 0 Å². The SMILES string of the molecule is CCCC(OC(=O)CCCC(=O)Oc1ccccc1F)C(C)C. The van der Waals surface area contributed by atoms with Crippen LogP contribution in [0, 0.1) is 11.7 Å². The highest BCUT2D eigenvalue weighted by molar-refractivity contribution is 5.74. The average Bonchev–Trinajstić information content (AvgIpc) is 2.49. The Bertz CT molecular complexity index is 513. The second-order valence-corrected chi connectivity index (χ2v) is 5.82. The van der Waals surface area contributed by atoms with Gasteiger partial charge in [0, 0.05) is 12.8 Å². The fourth-order valence-corrected chi connectivity index (χ4v) is 2.12. The van der Waals surface area contributed by atoms with E-state index in [4.69, 9.17) is 9.47 Å². The molecule has 1 aromatic rings. The van der Waals surface area contributed by atoms with Crippen molar-refractivity contribution in [2.24, 2.45) is 5.92 Å². The van der Waals surface area contributed by atoms with Crippen molar-refractivity contribution in [2.45, 2.75) is 59.0 Å². The summed E-state index contributed by atoms with van der Waals surface area (Å²) < 4.78 is 23.7. The smallest absolute Gasteiger partial charge is 0.311 e. The van der Waals surface area contributed by atoms with E-state index >= 15 is 0 Å². The van der Waals surface area contributed by atoms with Crippen LogP contribution in [-0.2, 0) is 14.3 Å². The summed E-state index contributed by atoms with van der Waals surface area (Å²) in [6, 6.07) is 5.71. The molecule has 0 saturated heterocycles. The maximum Gasteiger partial charge on any atom is 0.311 e. The number of esters is 2. The number of benzene rings is 1. The Balaban J connectivity index is 2.31.